The molecule has 4 heteroatoms. The van der Waals surface area contributed by atoms with Crippen LogP contribution in [0.4, 0.5) is 5.69 Å². The van der Waals surface area contributed by atoms with Crippen LogP contribution >= 0.6 is 0 Å². The summed E-state index contributed by atoms with van der Waals surface area (Å²) in [4.78, 5) is 11.8. The van der Waals surface area contributed by atoms with Crippen LogP contribution in [0.2, 0.25) is 0 Å². The Morgan fingerprint density at radius 1 is 1.32 bits per heavy atom. The lowest BCUT2D eigenvalue weighted by molar-refractivity contribution is 0.0527. The summed E-state index contributed by atoms with van der Waals surface area (Å²) in [5, 5.41) is 3.27. The van der Waals surface area contributed by atoms with Gasteiger partial charge in [-0.2, -0.15) is 0 Å². The minimum Gasteiger partial charge on any atom is -0.462 e. The fourth-order valence-corrected chi connectivity index (χ4v) is 1.89. The molecule has 0 saturated carbocycles. The molecule has 4 nitrogen and oxygen atoms in total. The number of ether oxygens (including phenoxy) is 1. The molecule has 2 aromatic rings. The van der Waals surface area contributed by atoms with E-state index in [1.807, 2.05) is 48.3 Å². The van der Waals surface area contributed by atoms with E-state index in [4.69, 9.17) is 4.74 Å². The Morgan fingerprint density at radius 2 is 2.11 bits per heavy atom. The monoisotopic (exact) mass is 258 g/mol. The Hall–Kier alpha value is -2.23. The maximum absolute atomic E-state index is 11.8. The molecule has 0 spiro atoms. The maximum Gasteiger partial charge on any atom is 0.340 e. The highest BCUT2D eigenvalue weighted by Gasteiger charge is 2.11. The molecule has 100 valence electrons. The standard InChI is InChI=1S/C15H18N2O2/c1-3-19-15(18)13-6-4-5-7-14(13)16-10-12-8-9-17(2)11-12/h4-9,11,16H,3,10H2,1-2H3. The molecule has 0 atom stereocenters. The summed E-state index contributed by atoms with van der Waals surface area (Å²) in [5.41, 5.74) is 2.53. The minimum atomic E-state index is -0.293. The van der Waals surface area contributed by atoms with Crippen molar-refractivity contribution in [2.45, 2.75) is 13.5 Å². The van der Waals surface area contributed by atoms with Crippen LogP contribution in [-0.2, 0) is 18.3 Å². The van der Waals surface area contributed by atoms with E-state index >= 15 is 0 Å². The van der Waals surface area contributed by atoms with Crippen molar-refractivity contribution in [3.8, 4) is 0 Å². The number of hydrogen-bond acceptors (Lipinski definition) is 3. The first-order chi connectivity index (χ1) is 9.20. The van der Waals surface area contributed by atoms with E-state index in [9.17, 15) is 4.79 Å². The fraction of sp³-hybridized carbons (Fsp3) is 0.267. The summed E-state index contributed by atoms with van der Waals surface area (Å²) in [6.07, 6.45) is 4.04. The van der Waals surface area contributed by atoms with E-state index < -0.39 is 0 Å². The zero-order chi connectivity index (χ0) is 13.7. The third-order valence-corrected chi connectivity index (χ3v) is 2.80. The van der Waals surface area contributed by atoms with Crippen molar-refractivity contribution < 1.29 is 9.53 Å². The Bertz CT molecular complexity index is 561. The summed E-state index contributed by atoms with van der Waals surface area (Å²) in [7, 11) is 1.98. The van der Waals surface area contributed by atoms with Crippen LogP contribution < -0.4 is 5.32 Å². The second kappa shape index (κ2) is 6.09. The van der Waals surface area contributed by atoms with Gasteiger partial charge in [-0.05, 0) is 30.7 Å². The Kier molecular flexibility index (Phi) is 4.23. The van der Waals surface area contributed by atoms with Crippen molar-refractivity contribution >= 4 is 11.7 Å². The van der Waals surface area contributed by atoms with Crippen molar-refractivity contribution in [1.29, 1.82) is 0 Å². The second-order valence-corrected chi connectivity index (χ2v) is 4.30. The SMILES string of the molecule is CCOC(=O)c1ccccc1NCc1ccn(C)c1. The van der Waals surface area contributed by atoms with Gasteiger partial charge in [-0.3, -0.25) is 0 Å². The van der Waals surface area contributed by atoms with Crippen LogP contribution in [0.1, 0.15) is 22.8 Å². The fourth-order valence-electron chi connectivity index (χ4n) is 1.89. The van der Waals surface area contributed by atoms with Gasteiger partial charge in [-0.25, -0.2) is 4.79 Å². The van der Waals surface area contributed by atoms with Crippen molar-refractivity contribution in [3.05, 3.63) is 53.9 Å². The number of carbonyl (C=O) groups excluding carboxylic acids is 1. The zero-order valence-electron chi connectivity index (χ0n) is 11.2. The molecule has 1 N–H and O–H groups in total. The molecule has 19 heavy (non-hydrogen) atoms. The number of esters is 1. The van der Waals surface area contributed by atoms with Crippen LogP contribution in [0.15, 0.2) is 42.7 Å². The first kappa shape index (κ1) is 13.2. The van der Waals surface area contributed by atoms with Gasteiger partial charge in [-0.15, -0.1) is 0 Å². The molecule has 0 amide bonds. The van der Waals surface area contributed by atoms with E-state index in [-0.39, 0.29) is 5.97 Å². The molecular formula is C15H18N2O2. The third kappa shape index (κ3) is 3.37. The highest BCUT2D eigenvalue weighted by molar-refractivity contribution is 5.95. The van der Waals surface area contributed by atoms with E-state index in [0.717, 1.165) is 5.69 Å². The van der Waals surface area contributed by atoms with Gasteiger partial charge in [0, 0.05) is 31.7 Å². The van der Waals surface area contributed by atoms with Gasteiger partial charge in [0.25, 0.3) is 0 Å². The van der Waals surface area contributed by atoms with Gasteiger partial charge in [0.1, 0.15) is 0 Å². The molecule has 0 fully saturated rings. The number of para-hydroxylation sites is 1. The number of nitrogens with zero attached hydrogens (tertiary/aromatic N) is 1. The van der Waals surface area contributed by atoms with E-state index in [2.05, 4.69) is 5.32 Å². The quantitative estimate of drug-likeness (QED) is 0.839. The summed E-state index contributed by atoms with van der Waals surface area (Å²) >= 11 is 0. The van der Waals surface area contributed by atoms with Crippen LogP contribution in [0, 0.1) is 0 Å². The van der Waals surface area contributed by atoms with Crippen molar-refractivity contribution in [2.75, 3.05) is 11.9 Å². The molecule has 0 saturated heterocycles. The Balaban J connectivity index is 2.09. The maximum atomic E-state index is 11.8. The molecule has 1 heterocycles. The van der Waals surface area contributed by atoms with E-state index in [0.29, 0.717) is 18.7 Å². The average molecular weight is 258 g/mol. The lowest BCUT2D eigenvalue weighted by Gasteiger charge is -2.10. The normalized spacial score (nSPS) is 10.2. The molecule has 1 aromatic carbocycles. The molecule has 0 aliphatic carbocycles. The van der Waals surface area contributed by atoms with Gasteiger partial charge in [-0.1, -0.05) is 12.1 Å². The van der Waals surface area contributed by atoms with Crippen molar-refractivity contribution in [2.24, 2.45) is 7.05 Å². The van der Waals surface area contributed by atoms with Gasteiger partial charge in [0.15, 0.2) is 0 Å². The van der Waals surface area contributed by atoms with E-state index in [1.165, 1.54) is 5.56 Å². The number of aryl methyl sites for hydroxylation is 1. The average Bonchev–Trinajstić information content (AvgIpc) is 2.83. The summed E-state index contributed by atoms with van der Waals surface area (Å²) in [5.74, 6) is -0.293. The van der Waals surface area contributed by atoms with Gasteiger partial charge < -0.3 is 14.6 Å². The number of rotatable bonds is 5. The first-order valence-corrected chi connectivity index (χ1v) is 6.31. The first-order valence-electron chi connectivity index (χ1n) is 6.31. The summed E-state index contributed by atoms with van der Waals surface area (Å²) in [6.45, 7) is 2.86. The largest absolute Gasteiger partial charge is 0.462 e. The molecular weight excluding hydrogens is 240 g/mol. The predicted octanol–water partition coefficient (Wildman–Crippen LogP) is 2.81. The van der Waals surface area contributed by atoms with Crippen LogP contribution in [-0.4, -0.2) is 17.1 Å². The predicted molar refractivity (Wildman–Crippen MR) is 75.1 cm³/mol. The summed E-state index contributed by atoms with van der Waals surface area (Å²) < 4.78 is 7.04. The topological polar surface area (TPSA) is 43.3 Å². The highest BCUT2D eigenvalue weighted by Crippen LogP contribution is 2.17. The molecule has 0 unspecified atom stereocenters. The lowest BCUT2D eigenvalue weighted by Crippen LogP contribution is -2.09. The van der Waals surface area contributed by atoms with Crippen LogP contribution in [0.25, 0.3) is 0 Å². The number of anilines is 1. The highest BCUT2D eigenvalue weighted by atomic mass is 16.5. The number of nitrogens with one attached hydrogen (secondary N) is 1. The summed E-state index contributed by atoms with van der Waals surface area (Å²) in [6, 6.07) is 9.43. The Labute approximate surface area is 113 Å². The molecule has 2 rings (SSSR count). The van der Waals surface area contributed by atoms with Crippen molar-refractivity contribution in [3.63, 3.8) is 0 Å². The molecule has 0 radical (unpaired) electrons. The molecule has 0 aliphatic rings. The number of benzene rings is 1. The minimum absolute atomic E-state index is 0.293. The molecule has 0 aliphatic heterocycles. The number of carbonyl (C=O) groups is 1. The van der Waals surface area contributed by atoms with Crippen molar-refractivity contribution in [1.82, 2.24) is 4.57 Å². The number of aromatic nitrogens is 1. The third-order valence-electron chi connectivity index (χ3n) is 2.80. The smallest absolute Gasteiger partial charge is 0.340 e. The molecule has 0 bridgehead atoms. The van der Waals surface area contributed by atoms with Gasteiger partial charge >= 0.3 is 5.97 Å². The van der Waals surface area contributed by atoms with E-state index in [1.54, 1.807) is 13.0 Å². The number of hydrogen-bond donors (Lipinski definition) is 1. The van der Waals surface area contributed by atoms with Gasteiger partial charge in [0.05, 0.1) is 12.2 Å². The zero-order valence-corrected chi connectivity index (χ0v) is 11.2. The van der Waals surface area contributed by atoms with Gasteiger partial charge in [0.2, 0.25) is 0 Å². The van der Waals surface area contributed by atoms with Crippen LogP contribution in [0.5, 0.6) is 0 Å². The lowest BCUT2D eigenvalue weighted by atomic mass is 10.1. The Morgan fingerprint density at radius 3 is 2.79 bits per heavy atom. The second-order valence-electron chi connectivity index (χ2n) is 4.30. The van der Waals surface area contributed by atoms with Crippen LogP contribution in [0.3, 0.4) is 0 Å². The molecule has 1 aromatic heterocycles.